The maximum absolute atomic E-state index is 5.60. The van der Waals surface area contributed by atoms with Gasteiger partial charge in [-0.15, -0.1) is 0 Å². The minimum absolute atomic E-state index is 0.833. The van der Waals surface area contributed by atoms with Crippen molar-refractivity contribution in [2.45, 2.75) is 26.8 Å². The van der Waals surface area contributed by atoms with Gasteiger partial charge >= 0.3 is 0 Å². The van der Waals surface area contributed by atoms with E-state index in [1.807, 2.05) is 0 Å². The summed E-state index contributed by atoms with van der Waals surface area (Å²) >= 11 is 5.60. The molecule has 3 rings (SSSR count). The normalized spacial score (nSPS) is 15.2. The van der Waals surface area contributed by atoms with Crippen LogP contribution in [0.5, 0.6) is 0 Å². The second-order valence-corrected chi connectivity index (χ2v) is 7.06. The van der Waals surface area contributed by atoms with E-state index in [1.54, 1.807) is 0 Å². The Bertz CT molecular complexity index is 703. The van der Waals surface area contributed by atoms with Crippen molar-refractivity contribution < 1.29 is 0 Å². The zero-order valence-electron chi connectivity index (χ0n) is 15.2. The molecule has 3 nitrogen and oxygen atoms in total. The van der Waals surface area contributed by atoms with Crippen molar-refractivity contribution in [3.8, 4) is 0 Å². The van der Waals surface area contributed by atoms with Crippen LogP contribution in [0.2, 0.25) is 0 Å². The van der Waals surface area contributed by atoms with Crippen LogP contribution in [0.3, 0.4) is 0 Å². The highest BCUT2D eigenvalue weighted by atomic mass is 32.1. The summed E-state index contributed by atoms with van der Waals surface area (Å²) < 4.78 is 0. The molecule has 0 radical (unpaired) electrons. The van der Waals surface area contributed by atoms with E-state index in [1.165, 1.54) is 16.7 Å². The first-order valence-corrected chi connectivity index (χ1v) is 9.48. The van der Waals surface area contributed by atoms with Crippen molar-refractivity contribution >= 4 is 23.0 Å². The molecule has 2 aromatic rings. The summed E-state index contributed by atoms with van der Waals surface area (Å²) in [6.07, 6.45) is 1.06. The highest BCUT2D eigenvalue weighted by molar-refractivity contribution is 7.80. The maximum atomic E-state index is 5.60. The average Bonchev–Trinajstić information content (AvgIpc) is 2.65. The summed E-state index contributed by atoms with van der Waals surface area (Å²) in [4.78, 5) is 4.79. The zero-order valence-corrected chi connectivity index (χ0v) is 16.0. The lowest BCUT2D eigenvalue weighted by Crippen LogP contribution is -2.49. The lowest BCUT2D eigenvalue weighted by atomic mass is 10.1. The number of nitrogens with zero attached hydrogens (tertiary/aromatic N) is 2. The third-order valence-electron chi connectivity index (χ3n) is 4.93. The molecule has 0 saturated carbocycles. The minimum atomic E-state index is 0.833. The number of benzene rings is 2. The molecule has 0 spiro atoms. The Morgan fingerprint density at radius 3 is 2.32 bits per heavy atom. The Morgan fingerprint density at radius 2 is 1.68 bits per heavy atom. The van der Waals surface area contributed by atoms with Crippen molar-refractivity contribution in [1.82, 2.24) is 9.80 Å². The largest absolute Gasteiger partial charge is 0.346 e. The first kappa shape index (κ1) is 17.9. The third-order valence-corrected chi connectivity index (χ3v) is 5.29. The second kappa shape index (κ2) is 8.45. The van der Waals surface area contributed by atoms with Crippen LogP contribution in [0.15, 0.2) is 48.5 Å². The van der Waals surface area contributed by atoms with E-state index in [0.717, 1.165) is 49.9 Å². The lowest BCUT2D eigenvalue weighted by molar-refractivity contribution is 0.176. The fraction of sp³-hybridized carbons (Fsp3) is 0.381. The Labute approximate surface area is 156 Å². The van der Waals surface area contributed by atoms with Gasteiger partial charge in [-0.05, 0) is 54.4 Å². The summed E-state index contributed by atoms with van der Waals surface area (Å²) in [5, 5.41) is 4.21. The molecule has 1 heterocycles. The topological polar surface area (TPSA) is 18.5 Å². The molecule has 1 fully saturated rings. The second-order valence-electron chi connectivity index (χ2n) is 6.67. The molecule has 0 aromatic heterocycles. The number of nitrogens with one attached hydrogen (secondary N) is 1. The van der Waals surface area contributed by atoms with Crippen molar-refractivity contribution in [2.24, 2.45) is 0 Å². The number of hydrogen-bond donors (Lipinski definition) is 1. The number of aryl methyl sites for hydroxylation is 2. The average molecular weight is 354 g/mol. The maximum Gasteiger partial charge on any atom is 0.173 e. The van der Waals surface area contributed by atoms with Gasteiger partial charge in [-0.1, -0.05) is 43.3 Å². The summed E-state index contributed by atoms with van der Waals surface area (Å²) in [6, 6.07) is 17.2. The Balaban J connectivity index is 1.49. The van der Waals surface area contributed by atoms with Gasteiger partial charge in [0.2, 0.25) is 0 Å². The van der Waals surface area contributed by atoms with Gasteiger partial charge in [-0.25, -0.2) is 0 Å². The van der Waals surface area contributed by atoms with Gasteiger partial charge in [0.1, 0.15) is 0 Å². The number of piperazine rings is 1. The van der Waals surface area contributed by atoms with Gasteiger partial charge in [0, 0.05) is 38.4 Å². The highest BCUT2D eigenvalue weighted by Crippen LogP contribution is 2.14. The van der Waals surface area contributed by atoms with E-state index in [2.05, 4.69) is 77.5 Å². The first-order chi connectivity index (χ1) is 12.2. The van der Waals surface area contributed by atoms with Crippen molar-refractivity contribution in [3.63, 3.8) is 0 Å². The third kappa shape index (κ3) is 4.80. The molecule has 0 bridgehead atoms. The number of rotatable bonds is 4. The zero-order chi connectivity index (χ0) is 17.6. The standard InChI is InChI=1S/C21H27N3S/c1-3-18-8-10-20(11-9-18)22-21(25)24-14-12-23(13-15-24)16-19-7-5-4-6-17(19)2/h4-11H,3,12-16H2,1-2H3,(H,22,25). The van der Waals surface area contributed by atoms with E-state index in [0.29, 0.717) is 0 Å². The van der Waals surface area contributed by atoms with Gasteiger partial charge in [-0.3, -0.25) is 4.90 Å². The van der Waals surface area contributed by atoms with Crippen molar-refractivity contribution in [1.29, 1.82) is 0 Å². The number of anilines is 1. The summed E-state index contributed by atoms with van der Waals surface area (Å²) in [5.41, 5.74) is 5.22. The van der Waals surface area contributed by atoms with Crippen LogP contribution in [0.25, 0.3) is 0 Å². The van der Waals surface area contributed by atoms with Crippen molar-refractivity contribution in [3.05, 3.63) is 65.2 Å². The Kier molecular flexibility index (Phi) is 6.05. The molecule has 0 aliphatic carbocycles. The molecule has 4 heteroatoms. The Morgan fingerprint density at radius 1 is 1.00 bits per heavy atom. The molecule has 25 heavy (non-hydrogen) atoms. The van der Waals surface area contributed by atoms with Gasteiger partial charge in [0.25, 0.3) is 0 Å². The van der Waals surface area contributed by atoms with E-state index in [9.17, 15) is 0 Å². The van der Waals surface area contributed by atoms with Crippen LogP contribution in [0, 0.1) is 6.92 Å². The molecule has 132 valence electrons. The lowest BCUT2D eigenvalue weighted by Gasteiger charge is -2.36. The van der Waals surface area contributed by atoms with Crippen LogP contribution in [0.1, 0.15) is 23.6 Å². The molecule has 1 aliphatic rings. The summed E-state index contributed by atoms with van der Waals surface area (Å²) in [7, 11) is 0. The van der Waals surface area contributed by atoms with Crippen molar-refractivity contribution in [2.75, 3.05) is 31.5 Å². The molecule has 1 N–H and O–H groups in total. The summed E-state index contributed by atoms with van der Waals surface area (Å²) in [6.45, 7) is 9.43. The van der Waals surface area contributed by atoms with E-state index in [4.69, 9.17) is 12.2 Å². The molecule has 0 amide bonds. The fourth-order valence-electron chi connectivity index (χ4n) is 3.16. The minimum Gasteiger partial charge on any atom is -0.346 e. The van der Waals surface area contributed by atoms with Crippen LogP contribution < -0.4 is 5.32 Å². The Hall–Kier alpha value is -1.91. The van der Waals surface area contributed by atoms with Crippen LogP contribution in [-0.2, 0) is 13.0 Å². The number of hydrogen-bond acceptors (Lipinski definition) is 2. The van der Waals surface area contributed by atoms with E-state index in [-0.39, 0.29) is 0 Å². The molecule has 0 atom stereocenters. The predicted molar refractivity (Wildman–Crippen MR) is 110 cm³/mol. The fourth-order valence-corrected chi connectivity index (χ4v) is 3.46. The van der Waals surface area contributed by atoms with Gasteiger partial charge < -0.3 is 10.2 Å². The van der Waals surface area contributed by atoms with Gasteiger partial charge in [-0.2, -0.15) is 0 Å². The SMILES string of the molecule is CCc1ccc(NC(=S)N2CCN(Cc3ccccc3C)CC2)cc1. The molecular weight excluding hydrogens is 326 g/mol. The summed E-state index contributed by atoms with van der Waals surface area (Å²) in [5.74, 6) is 0. The molecule has 1 saturated heterocycles. The van der Waals surface area contributed by atoms with Gasteiger partial charge in [0.05, 0.1) is 0 Å². The quantitative estimate of drug-likeness (QED) is 0.835. The molecule has 2 aromatic carbocycles. The first-order valence-electron chi connectivity index (χ1n) is 9.07. The molecule has 0 unspecified atom stereocenters. The number of thiocarbonyl (C=S) groups is 1. The predicted octanol–water partition coefficient (Wildman–Crippen LogP) is 4.07. The van der Waals surface area contributed by atoms with Crippen LogP contribution in [-0.4, -0.2) is 41.1 Å². The van der Waals surface area contributed by atoms with Crippen LogP contribution in [0.4, 0.5) is 5.69 Å². The van der Waals surface area contributed by atoms with E-state index < -0.39 is 0 Å². The highest BCUT2D eigenvalue weighted by Gasteiger charge is 2.19. The molecule has 1 aliphatic heterocycles. The smallest absolute Gasteiger partial charge is 0.173 e. The van der Waals surface area contributed by atoms with E-state index >= 15 is 0 Å². The van der Waals surface area contributed by atoms with Gasteiger partial charge in [0.15, 0.2) is 5.11 Å². The molecular formula is C21H27N3S. The van der Waals surface area contributed by atoms with Crippen LogP contribution >= 0.6 is 12.2 Å². The monoisotopic (exact) mass is 353 g/mol.